The molecule has 4 heteroatoms. The molecule has 106 valence electrons. The third-order valence-electron chi connectivity index (χ3n) is 4.04. The molecule has 1 fully saturated rings. The van der Waals surface area contributed by atoms with Gasteiger partial charge in [-0.15, -0.1) is 0 Å². The smallest absolute Gasteiger partial charge is 0.310 e. The molecule has 1 aromatic rings. The van der Waals surface area contributed by atoms with Crippen molar-refractivity contribution >= 4 is 0 Å². The van der Waals surface area contributed by atoms with Crippen molar-refractivity contribution in [2.45, 2.75) is 51.4 Å². The predicted octanol–water partition coefficient (Wildman–Crippen LogP) is 4.37. The molecule has 1 nitrogen and oxygen atoms in total. The summed E-state index contributed by atoms with van der Waals surface area (Å²) in [6.07, 6.45) is 0.602. The molecule has 1 N–H and O–H groups in total. The Morgan fingerprint density at radius 2 is 1.84 bits per heavy atom. The molecule has 0 aliphatic heterocycles. The highest BCUT2D eigenvalue weighted by Gasteiger charge is 2.33. The topological polar surface area (TPSA) is 12.0 Å². The number of nitrogens with one attached hydrogen (secondary N) is 1. The van der Waals surface area contributed by atoms with Gasteiger partial charge in [-0.05, 0) is 37.3 Å². The van der Waals surface area contributed by atoms with Gasteiger partial charge in [-0.3, -0.25) is 0 Å². The Balaban J connectivity index is 1.99. The summed E-state index contributed by atoms with van der Waals surface area (Å²) in [5.41, 5.74) is -0.194. The van der Waals surface area contributed by atoms with Crippen LogP contribution in [-0.4, -0.2) is 6.04 Å². The van der Waals surface area contributed by atoms with E-state index in [0.717, 1.165) is 6.07 Å². The molecule has 0 bridgehead atoms. The van der Waals surface area contributed by atoms with Gasteiger partial charge in [0.25, 0.3) is 0 Å². The summed E-state index contributed by atoms with van der Waals surface area (Å²) in [4.78, 5) is 0. The van der Waals surface area contributed by atoms with Gasteiger partial charge < -0.3 is 5.32 Å². The van der Waals surface area contributed by atoms with Crippen LogP contribution < -0.4 is 5.32 Å². The largest absolute Gasteiger partial charge is 0.416 e. The van der Waals surface area contributed by atoms with Gasteiger partial charge in [-0.25, -0.2) is 0 Å². The van der Waals surface area contributed by atoms with Crippen molar-refractivity contribution in [2.75, 3.05) is 0 Å². The summed E-state index contributed by atoms with van der Waals surface area (Å²) < 4.78 is 38.5. The minimum absolute atomic E-state index is 0.281. The SMILES string of the molecule is C[C@@H](NCc1ccccc1C(F)(F)F)C1CCCC1. The normalized spacial score (nSPS) is 18.7. The fourth-order valence-corrected chi connectivity index (χ4v) is 2.85. The first-order valence-corrected chi connectivity index (χ1v) is 6.87. The molecule has 1 atom stereocenters. The van der Waals surface area contributed by atoms with E-state index < -0.39 is 11.7 Å². The van der Waals surface area contributed by atoms with Crippen molar-refractivity contribution in [1.29, 1.82) is 0 Å². The van der Waals surface area contributed by atoms with Crippen LogP contribution in [0.25, 0.3) is 0 Å². The van der Waals surface area contributed by atoms with Gasteiger partial charge in [0, 0.05) is 12.6 Å². The Morgan fingerprint density at radius 3 is 2.47 bits per heavy atom. The van der Waals surface area contributed by atoms with E-state index in [1.54, 1.807) is 12.1 Å². The Labute approximate surface area is 112 Å². The van der Waals surface area contributed by atoms with Crippen molar-refractivity contribution in [1.82, 2.24) is 5.32 Å². The highest BCUT2D eigenvalue weighted by atomic mass is 19.4. The lowest BCUT2D eigenvalue weighted by Gasteiger charge is -2.21. The van der Waals surface area contributed by atoms with Crippen LogP contribution in [0.3, 0.4) is 0 Å². The van der Waals surface area contributed by atoms with Gasteiger partial charge in [0.15, 0.2) is 0 Å². The first kappa shape index (κ1) is 14.4. The van der Waals surface area contributed by atoms with E-state index >= 15 is 0 Å². The average molecular weight is 271 g/mol. The lowest BCUT2D eigenvalue weighted by atomic mass is 9.99. The maximum atomic E-state index is 12.8. The Morgan fingerprint density at radius 1 is 1.21 bits per heavy atom. The zero-order chi connectivity index (χ0) is 13.9. The standard InChI is InChI=1S/C15H20F3N/c1-11(12-6-2-3-7-12)19-10-13-8-4-5-9-14(13)15(16,17)18/h4-5,8-9,11-12,19H,2-3,6-7,10H2,1H3/t11-/m1/s1. The zero-order valence-electron chi connectivity index (χ0n) is 11.1. The molecule has 2 rings (SSSR count). The molecule has 0 unspecified atom stereocenters. The molecule has 0 saturated heterocycles. The second-order valence-electron chi connectivity index (χ2n) is 5.37. The molecule has 0 heterocycles. The predicted molar refractivity (Wildman–Crippen MR) is 69.7 cm³/mol. The van der Waals surface area contributed by atoms with Gasteiger partial charge in [-0.2, -0.15) is 13.2 Å². The van der Waals surface area contributed by atoms with Gasteiger partial charge in [0.2, 0.25) is 0 Å². The summed E-state index contributed by atoms with van der Waals surface area (Å²) in [7, 11) is 0. The molecule has 1 aliphatic carbocycles. The molecular formula is C15H20F3N. The molecule has 19 heavy (non-hydrogen) atoms. The second kappa shape index (κ2) is 5.95. The van der Waals surface area contributed by atoms with Crippen molar-refractivity contribution in [3.05, 3.63) is 35.4 Å². The lowest BCUT2D eigenvalue weighted by Crippen LogP contribution is -2.32. The maximum absolute atomic E-state index is 12.8. The van der Waals surface area contributed by atoms with Crippen LogP contribution >= 0.6 is 0 Å². The first-order chi connectivity index (χ1) is 8.98. The van der Waals surface area contributed by atoms with Gasteiger partial charge in [0.05, 0.1) is 5.56 Å². The summed E-state index contributed by atoms with van der Waals surface area (Å²) in [5, 5.41) is 3.25. The van der Waals surface area contributed by atoms with Crippen LogP contribution in [0, 0.1) is 5.92 Å². The molecule has 0 aromatic heterocycles. The highest BCUT2D eigenvalue weighted by molar-refractivity contribution is 5.29. The van der Waals surface area contributed by atoms with E-state index in [9.17, 15) is 13.2 Å². The van der Waals surface area contributed by atoms with Crippen molar-refractivity contribution in [2.24, 2.45) is 5.92 Å². The Bertz CT molecular complexity index is 408. The molecule has 1 aliphatic rings. The van der Waals surface area contributed by atoms with Crippen molar-refractivity contribution < 1.29 is 13.2 Å². The number of benzene rings is 1. The quantitative estimate of drug-likeness (QED) is 0.857. The van der Waals surface area contributed by atoms with E-state index in [1.165, 1.54) is 31.7 Å². The van der Waals surface area contributed by atoms with E-state index in [-0.39, 0.29) is 12.6 Å². The fraction of sp³-hybridized carbons (Fsp3) is 0.600. The second-order valence-corrected chi connectivity index (χ2v) is 5.37. The van der Waals surface area contributed by atoms with Gasteiger partial charge in [-0.1, -0.05) is 31.0 Å². The minimum atomic E-state index is -4.27. The van der Waals surface area contributed by atoms with Crippen LogP contribution in [0.5, 0.6) is 0 Å². The minimum Gasteiger partial charge on any atom is -0.310 e. The van der Waals surface area contributed by atoms with Crippen LogP contribution in [0.2, 0.25) is 0 Å². The molecule has 0 spiro atoms. The summed E-state index contributed by atoms with van der Waals surface area (Å²) in [6.45, 7) is 2.36. The number of alkyl halides is 3. The monoisotopic (exact) mass is 271 g/mol. The summed E-state index contributed by atoms with van der Waals surface area (Å²) in [5.74, 6) is 0.609. The van der Waals surface area contributed by atoms with Crippen LogP contribution in [0.1, 0.15) is 43.7 Å². The number of hydrogen-bond donors (Lipinski definition) is 1. The third kappa shape index (κ3) is 3.72. The molecule has 1 saturated carbocycles. The number of hydrogen-bond acceptors (Lipinski definition) is 1. The fourth-order valence-electron chi connectivity index (χ4n) is 2.85. The molecular weight excluding hydrogens is 251 g/mol. The van der Waals surface area contributed by atoms with E-state index in [2.05, 4.69) is 12.2 Å². The highest BCUT2D eigenvalue weighted by Crippen LogP contribution is 2.32. The van der Waals surface area contributed by atoms with E-state index in [0.29, 0.717) is 11.5 Å². The van der Waals surface area contributed by atoms with Crippen molar-refractivity contribution in [3.63, 3.8) is 0 Å². The maximum Gasteiger partial charge on any atom is 0.416 e. The lowest BCUT2D eigenvalue weighted by molar-refractivity contribution is -0.138. The summed E-state index contributed by atoms with van der Waals surface area (Å²) >= 11 is 0. The number of rotatable bonds is 4. The first-order valence-electron chi connectivity index (χ1n) is 6.87. The van der Waals surface area contributed by atoms with E-state index in [4.69, 9.17) is 0 Å². The van der Waals surface area contributed by atoms with Crippen LogP contribution in [0.4, 0.5) is 13.2 Å². The summed E-state index contributed by atoms with van der Waals surface area (Å²) in [6, 6.07) is 6.08. The Kier molecular flexibility index (Phi) is 4.50. The van der Waals surface area contributed by atoms with E-state index in [1.807, 2.05) is 0 Å². The molecule has 0 amide bonds. The van der Waals surface area contributed by atoms with Gasteiger partial charge in [0.1, 0.15) is 0 Å². The van der Waals surface area contributed by atoms with Crippen LogP contribution in [-0.2, 0) is 12.7 Å². The zero-order valence-corrected chi connectivity index (χ0v) is 11.1. The molecule has 1 aromatic carbocycles. The average Bonchev–Trinajstić information content (AvgIpc) is 2.89. The van der Waals surface area contributed by atoms with Crippen molar-refractivity contribution in [3.8, 4) is 0 Å². The third-order valence-corrected chi connectivity index (χ3v) is 4.04. The Hall–Kier alpha value is -1.03. The molecule has 0 radical (unpaired) electrons. The number of halogens is 3. The van der Waals surface area contributed by atoms with Crippen LogP contribution in [0.15, 0.2) is 24.3 Å². The van der Waals surface area contributed by atoms with Gasteiger partial charge >= 0.3 is 6.18 Å².